The normalized spacial score (nSPS) is 27.8. The van der Waals surface area contributed by atoms with Gasteiger partial charge in [-0.05, 0) is 44.3 Å². The lowest BCUT2D eigenvalue weighted by Crippen LogP contribution is -2.26. The molecule has 2 fully saturated rings. The topological polar surface area (TPSA) is 70.1 Å². The molecule has 3 heterocycles. The average molecular weight is 290 g/mol. The van der Waals surface area contributed by atoms with Crippen LogP contribution in [0.3, 0.4) is 0 Å². The summed E-state index contributed by atoms with van der Waals surface area (Å²) in [5, 5.41) is 25.4. The monoisotopic (exact) mass is 290 g/mol. The number of aromatic hydroxyl groups is 1. The van der Waals surface area contributed by atoms with Crippen molar-refractivity contribution in [1.29, 1.82) is 0 Å². The van der Waals surface area contributed by atoms with Crippen molar-refractivity contribution >= 4 is 0 Å². The minimum absolute atomic E-state index is 0.109. The lowest BCUT2D eigenvalue weighted by Gasteiger charge is -2.24. The van der Waals surface area contributed by atoms with Gasteiger partial charge in [0.05, 0.1) is 6.20 Å². The molecule has 0 spiro atoms. The van der Waals surface area contributed by atoms with E-state index in [1.807, 2.05) is 6.20 Å². The third kappa shape index (κ3) is 3.52. The van der Waals surface area contributed by atoms with Gasteiger partial charge in [0.1, 0.15) is 0 Å². The molecule has 1 aromatic heterocycles. The van der Waals surface area contributed by atoms with E-state index < -0.39 is 0 Å². The van der Waals surface area contributed by atoms with E-state index in [1.54, 1.807) is 0 Å². The van der Waals surface area contributed by atoms with Crippen molar-refractivity contribution in [2.75, 3.05) is 13.1 Å². The second-order valence-electron chi connectivity index (χ2n) is 6.25. The molecule has 5 nitrogen and oxygen atoms in total. The largest absolute Gasteiger partial charge is 0.492 e. The maximum atomic E-state index is 10.3. The SMILES string of the molecule is Oc1nncc(C2CCCCCN2)c1C1CCCCCN1. The summed E-state index contributed by atoms with van der Waals surface area (Å²) in [4.78, 5) is 0. The first-order chi connectivity index (χ1) is 10.4. The van der Waals surface area contributed by atoms with E-state index in [0.29, 0.717) is 6.04 Å². The number of nitrogens with zero attached hydrogens (tertiary/aromatic N) is 2. The number of hydrogen-bond donors (Lipinski definition) is 3. The first-order valence-electron chi connectivity index (χ1n) is 8.37. The van der Waals surface area contributed by atoms with Crippen molar-refractivity contribution in [3.8, 4) is 5.88 Å². The molecule has 2 unspecified atom stereocenters. The highest BCUT2D eigenvalue weighted by molar-refractivity contribution is 5.37. The summed E-state index contributed by atoms with van der Waals surface area (Å²) in [6.45, 7) is 2.06. The zero-order valence-corrected chi connectivity index (χ0v) is 12.6. The van der Waals surface area contributed by atoms with Crippen LogP contribution in [0.15, 0.2) is 6.20 Å². The van der Waals surface area contributed by atoms with Crippen molar-refractivity contribution in [2.24, 2.45) is 0 Å². The second-order valence-corrected chi connectivity index (χ2v) is 6.25. The Kier molecular flexibility index (Phi) is 5.04. The van der Waals surface area contributed by atoms with Crippen molar-refractivity contribution < 1.29 is 5.11 Å². The molecule has 0 amide bonds. The van der Waals surface area contributed by atoms with Crippen LogP contribution in [0.5, 0.6) is 5.88 Å². The van der Waals surface area contributed by atoms with Gasteiger partial charge in [0.25, 0.3) is 0 Å². The summed E-state index contributed by atoms with van der Waals surface area (Å²) in [6, 6.07) is 0.511. The molecule has 21 heavy (non-hydrogen) atoms. The van der Waals surface area contributed by atoms with E-state index in [-0.39, 0.29) is 11.9 Å². The molecular weight excluding hydrogens is 264 g/mol. The highest BCUT2D eigenvalue weighted by Crippen LogP contribution is 2.35. The molecule has 5 heteroatoms. The van der Waals surface area contributed by atoms with Crippen molar-refractivity contribution in [2.45, 2.75) is 63.5 Å². The van der Waals surface area contributed by atoms with Crippen LogP contribution in [-0.2, 0) is 0 Å². The predicted octanol–water partition coefficient (Wildman–Crippen LogP) is 2.59. The van der Waals surface area contributed by atoms with E-state index in [4.69, 9.17) is 0 Å². The Morgan fingerprint density at radius 2 is 1.57 bits per heavy atom. The molecule has 0 bridgehead atoms. The smallest absolute Gasteiger partial charge is 0.236 e. The molecule has 0 radical (unpaired) electrons. The Morgan fingerprint density at radius 3 is 2.33 bits per heavy atom. The fourth-order valence-electron chi connectivity index (χ4n) is 3.60. The van der Waals surface area contributed by atoms with E-state index in [2.05, 4.69) is 20.8 Å². The molecule has 0 aliphatic carbocycles. The van der Waals surface area contributed by atoms with Gasteiger partial charge in [0.15, 0.2) is 0 Å². The third-order valence-electron chi connectivity index (χ3n) is 4.75. The lowest BCUT2D eigenvalue weighted by atomic mass is 9.93. The van der Waals surface area contributed by atoms with Crippen LogP contribution in [0.4, 0.5) is 0 Å². The lowest BCUT2D eigenvalue weighted by molar-refractivity contribution is 0.407. The zero-order valence-electron chi connectivity index (χ0n) is 12.6. The van der Waals surface area contributed by atoms with E-state index in [0.717, 1.165) is 37.1 Å². The predicted molar refractivity (Wildman–Crippen MR) is 82.1 cm³/mol. The molecule has 2 atom stereocenters. The van der Waals surface area contributed by atoms with Gasteiger partial charge in [-0.25, -0.2) is 0 Å². The molecule has 3 rings (SSSR count). The molecule has 2 saturated heterocycles. The number of aromatic nitrogens is 2. The number of hydrogen-bond acceptors (Lipinski definition) is 5. The maximum Gasteiger partial charge on any atom is 0.236 e. The Morgan fingerprint density at radius 1 is 0.905 bits per heavy atom. The van der Waals surface area contributed by atoms with E-state index in [9.17, 15) is 5.11 Å². The molecule has 0 aromatic carbocycles. The first kappa shape index (κ1) is 14.7. The van der Waals surface area contributed by atoms with Gasteiger partial charge in [-0.2, -0.15) is 5.10 Å². The van der Waals surface area contributed by atoms with E-state index in [1.165, 1.54) is 38.5 Å². The zero-order chi connectivity index (χ0) is 14.5. The minimum atomic E-state index is 0.109. The number of rotatable bonds is 2. The second kappa shape index (κ2) is 7.18. The highest BCUT2D eigenvalue weighted by Gasteiger charge is 2.26. The molecule has 1 aromatic rings. The van der Waals surface area contributed by atoms with E-state index >= 15 is 0 Å². The summed E-state index contributed by atoms with van der Waals surface area (Å²) >= 11 is 0. The summed E-state index contributed by atoms with van der Waals surface area (Å²) in [6.07, 6.45) is 11.5. The molecule has 3 N–H and O–H groups in total. The van der Waals surface area contributed by atoms with Gasteiger partial charge in [-0.1, -0.05) is 25.7 Å². The van der Waals surface area contributed by atoms with Gasteiger partial charge in [-0.15, -0.1) is 5.10 Å². The van der Waals surface area contributed by atoms with Crippen LogP contribution < -0.4 is 10.6 Å². The Labute approximate surface area is 126 Å². The van der Waals surface area contributed by atoms with Crippen molar-refractivity contribution in [3.05, 3.63) is 17.3 Å². The fraction of sp³-hybridized carbons (Fsp3) is 0.750. The molecule has 116 valence electrons. The van der Waals surface area contributed by atoms with Gasteiger partial charge >= 0.3 is 0 Å². The Hall–Kier alpha value is -1.20. The van der Waals surface area contributed by atoms with Crippen LogP contribution in [0.1, 0.15) is 74.6 Å². The molecule has 0 saturated carbocycles. The average Bonchev–Trinajstić information content (AvgIpc) is 2.92. The fourth-order valence-corrected chi connectivity index (χ4v) is 3.60. The van der Waals surface area contributed by atoms with Gasteiger partial charge in [-0.3, -0.25) is 0 Å². The van der Waals surface area contributed by atoms with Gasteiger partial charge in [0, 0.05) is 17.6 Å². The van der Waals surface area contributed by atoms with Crippen LogP contribution in [-0.4, -0.2) is 28.4 Å². The number of nitrogens with one attached hydrogen (secondary N) is 2. The Bertz CT molecular complexity index is 450. The summed E-state index contributed by atoms with van der Waals surface area (Å²) in [5.74, 6) is 0.109. The maximum absolute atomic E-state index is 10.3. The summed E-state index contributed by atoms with van der Waals surface area (Å²) in [5.41, 5.74) is 2.12. The van der Waals surface area contributed by atoms with Crippen molar-refractivity contribution in [1.82, 2.24) is 20.8 Å². The molecular formula is C16H26N4O. The van der Waals surface area contributed by atoms with Crippen LogP contribution in [0.25, 0.3) is 0 Å². The van der Waals surface area contributed by atoms with Crippen LogP contribution >= 0.6 is 0 Å². The summed E-state index contributed by atoms with van der Waals surface area (Å²) in [7, 11) is 0. The minimum Gasteiger partial charge on any atom is -0.492 e. The highest BCUT2D eigenvalue weighted by atomic mass is 16.3. The van der Waals surface area contributed by atoms with Gasteiger partial charge < -0.3 is 15.7 Å². The molecule has 2 aliphatic heterocycles. The van der Waals surface area contributed by atoms with Crippen LogP contribution in [0, 0.1) is 0 Å². The first-order valence-corrected chi connectivity index (χ1v) is 8.37. The van der Waals surface area contributed by atoms with Crippen LogP contribution in [0.2, 0.25) is 0 Å². The quantitative estimate of drug-likeness (QED) is 0.781. The standard InChI is InChI=1S/C16H26N4O/c21-16-15(14-8-4-2-6-10-18-14)12(11-19-20-16)13-7-3-1-5-9-17-13/h11,13-14,17-18H,1-10H2,(H,20,21). The van der Waals surface area contributed by atoms with Crippen molar-refractivity contribution in [3.63, 3.8) is 0 Å². The third-order valence-corrected chi connectivity index (χ3v) is 4.75. The molecule has 2 aliphatic rings. The summed E-state index contributed by atoms with van der Waals surface area (Å²) < 4.78 is 0. The Balaban J connectivity index is 1.90. The van der Waals surface area contributed by atoms with Gasteiger partial charge in [0.2, 0.25) is 5.88 Å².